The molecule has 1 saturated carbocycles. The Labute approximate surface area is 104 Å². The van der Waals surface area contributed by atoms with Gasteiger partial charge in [-0.3, -0.25) is 4.79 Å². The molecular weight excluding hydrogens is 249 g/mol. The summed E-state index contributed by atoms with van der Waals surface area (Å²) in [4.78, 5) is 11.8. The largest absolute Gasteiger partial charge is 0.411 e. The number of carbonyl (C=O) groups is 1. The molecule has 6 heteroatoms. The fourth-order valence-corrected chi connectivity index (χ4v) is 2.61. The van der Waals surface area contributed by atoms with Gasteiger partial charge in [0, 0.05) is 12.5 Å². The molecule has 0 N–H and O–H groups in total. The van der Waals surface area contributed by atoms with E-state index < -0.39 is 19.4 Å². The minimum atomic E-state index is -4.37. The summed E-state index contributed by atoms with van der Waals surface area (Å²) >= 11 is 0. The Bertz CT molecular complexity index is 310. The lowest BCUT2D eigenvalue weighted by atomic mass is 9.71. The van der Waals surface area contributed by atoms with Gasteiger partial charge in [-0.1, -0.05) is 0 Å². The molecule has 1 heterocycles. The van der Waals surface area contributed by atoms with Crippen molar-refractivity contribution in [2.75, 3.05) is 19.8 Å². The van der Waals surface area contributed by atoms with E-state index in [1.54, 1.807) is 0 Å². The average molecular weight is 266 g/mol. The Morgan fingerprint density at radius 3 is 2.67 bits per heavy atom. The molecule has 104 valence electrons. The Morgan fingerprint density at radius 1 is 1.39 bits per heavy atom. The van der Waals surface area contributed by atoms with E-state index in [1.807, 2.05) is 0 Å². The van der Waals surface area contributed by atoms with E-state index in [0.717, 1.165) is 19.3 Å². The number of ketones is 1. The number of hydrogen-bond donors (Lipinski definition) is 0. The van der Waals surface area contributed by atoms with Gasteiger partial charge in [0.2, 0.25) is 0 Å². The lowest BCUT2D eigenvalue weighted by Crippen LogP contribution is -2.47. The normalized spacial score (nSPS) is 26.9. The topological polar surface area (TPSA) is 35.5 Å². The van der Waals surface area contributed by atoms with Crippen molar-refractivity contribution in [2.24, 2.45) is 5.92 Å². The van der Waals surface area contributed by atoms with E-state index in [9.17, 15) is 18.0 Å². The van der Waals surface area contributed by atoms with Crippen molar-refractivity contribution in [1.29, 1.82) is 0 Å². The highest BCUT2D eigenvalue weighted by Crippen LogP contribution is 2.44. The van der Waals surface area contributed by atoms with E-state index in [-0.39, 0.29) is 17.3 Å². The third kappa shape index (κ3) is 3.45. The summed E-state index contributed by atoms with van der Waals surface area (Å²) in [6, 6.07) is 0. The van der Waals surface area contributed by atoms with Crippen molar-refractivity contribution in [1.82, 2.24) is 0 Å². The summed E-state index contributed by atoms with van der Waals surface area (Å²) in [5, 5.41) is 0. The van der Waals surface area contributed by atoms with Crippen LogP contribution in [0.2, 0.25) is 0 Å². The lowest BCUT2D eigenvalue weighted by molar-refractivity contribution is -0.179. The van der Waals surface area contributed by atoms with Crippen molar-refractivity contribution in [3.05, 3.63) is 0 Å². The van der Waals surface area contributed by atoms with Gasteiger partial charge >= 0.3 is 6.18 Å². The molecule has 1 spiro atoms. The van der Waals surface area contributed by atoms with Crippen molar-refractivity contribution in [2.45, 2.75) is 43.9 Å². The van der Waals surface area contributed by atoms with Gasteiger partial charge in [0.05, 0.1) is 5.60 Å². The van der Waals surface area contributed by atoms with Gasteiger partial charge in [-0.05, 0) is 32.1 Å². The molecule has 1 saturated heterocycles. The first-order valence-electron chi connectivity index (χ1n) is 6.21. The highest BCUT2D eigenvalue weighted by atomic mass is 19.4. The van der Waals surface area contributed by atoms with Crippen molar-refractivity contribution in [3.63, 3.8) is 0 Å². The maximum absolute atomic E-state index is 11.9. The summed E-state index contributed by atoms with van der Waals surface area (Å²) in [6.07, 6.45) is -0.117. The van der Waals surface area contributed by atoms with Crippen LogP contribution in [0.15, 0.2) is 0 Å². The van der Waals surface area contributed by atoms with Gasteiger partial charge in [-0.15, -0.1) is 0 Å². The Kier molecular flexibility index (Phi) is 3.96. The van der Waals surface area contributed by atoms with Gasteiger partial charge in [0.25, 0.3) is 0 Å². The van der Waals surface area contributed by atoms with Gasteiger partial charge in [-0.25, -0.2) is 0 Å². The van der Waals surface area contributed by atoms with Crippen LogP contribution in [0.3, 0.4) is 0 Å². The van der Waals surface area contributed by atoms with Crippen LogP contribution < -0.4 is 0 Å². The van der Waals surface area contributed by atoms with E-state index in [0.29, 0.717) is 19.4 Å². The highest BCUT2D eigenvalue weighted by molar-refractivity contribution is 5.82. The Balaban J connectivity index is 1.75. The van der Waals surface area contributed by atoms with E-state index in [2.05, 4.69) is 4.74 Å². The monoisotopic (exact) mass is 266 g/mol. The molecule has 2 rings (SSSR count). The molecule has 1 unspecified atom stereocenters. The minimum Gasteiger partial charge on any atom is -0.375 e. The quantitative estimate of drug-likeness (QED) is 0.784. The summed E-state index contributed by atoms with van der Waals surface area (Å²) in [7, 11) is 0. The van der Waals surface area contributed by atoms with Crippen LogP contribution in [0.25, 0.3) is 0 Å². The zero-order valence-electron chi connectivity index (χ0n) is 10.1. The highest BCUT2D eigenvalue weighted by Gasteiger charge is 2.44. The molecule has 0 amide bonds. The number of carbonyl (C=O) groups excluding carboxylic acids is 1. The number of halogens is 3. The smallest absolute Gasteiger partial charge is 0.375 e. The fraction of sp³-hybridized carbons (Fsp3) is 0.917. The van der Waals surface area contributed by atoms with E-state index >= 15 is 0 Å². The molecule has 2 fully saturated rings. The molecule has 18 heavy (non-hydrogen) atoms. The molecule has 1 aliphatic carbocycles. The standard InChI is InChI=1S/C12H17F3O3/c13-12(14,15)8-17-7-10(16)9-2-5-18-11(6-9)3-1-4-11/h9H,1-8H2. The molecule has 1 aliphatic heterocycles. The molecular formula is C12H17F3O3. The van der Waals surface area contributed by atoms with Crippen LogP contribution in [-0.2, 0) is 14.3 Å². The van der Waals surface area contributed by atoms with E-state index in [1.165, 1.54) is 0 Å². The van der Waals surface area contributed by atoms with Gasteiger partial charge < -0.3 is 9.47 Å². The summed E-state index contributed by atoms with van der Waals surface area (Å²) in [5.41, 5.74) is -0.164. The van der Waals surface area contributed by atoms with Crippen LogP contribution in [-0.4, -0.2) is 37.4 Å². The van der Waals surface area contributed by atoms with Gasteiger partial charge in [0.1, 0.15) is 13.2 Å². The molecule has 0 bridgehead atoms. The van der Waals surface area contributed by atoms with Crippen LogP contribution in [0.1, 0.15) is 32.1 Å². The third-order valence-corrected chi connectivity index (χ3v) is 3.72. The minimum absolute atomic E-state index is 0.164. The zero-order chi connectivity index (χ0) is 13.2. The zero-order valence-corrected chi connectivity index (χ0v) is 10.1. The van der Waals surface area contributed by atoms with Crippen LogP contribution in [0.4, 0.5) is 13.2 Å². The van der Waals surface area contributed by atoms with Crippen LogP contribution in [0.5, 0.6) is 0 Å². The molecule has 0 aromatic carbocycles. The summed E-state index contributed by atoms with van der Waals surface area (Å²) < 4.78 is 45.7. The molecule has 3 nitrogen and oxygen atoms in total. The lowest BCUT2D eigenvalue weighted by Gasteiger charge is -2.46. The van der Waals surface area contributed by atoms with Crippen molar-refractivity contribution >= 4 is 5.78 Å². The second kappa shape index (κ2) is 5.17. The predicted molar refractivity (Wildman–Crippen MR) is 57.1 cm³/mol. The van der Waals surface area contributed by atoms with Crippen LogP contribution in [0, 0.1) is 5.92 Å². The summed E-state index contributed by atoms with van der Waals surface area (Å²) in [6.45, 7) is -1.27. The summed E-state index contributed by atoms with van der Waals surface area (Å²) in [5.74, 6) is -0.430. The second-order valence-electron chi connectivity index (χ2n) is 5.15. The maximum atomic E-state index is 11.9. The predicted octanol–water partition coefficient (Wildman–Crippen LogP) is 2.48. The first-order valence-corrected chi connectivity index (χ1v) is 6.21. The fourth-order valence-electron chi connectivity index (χ4n) is 2.61. The van der Waals surface area contributed by atoms with Crippen LogP contribution >= 0.6 is 0 Å². The molecule has 0 radical (unpaired) electrons. The van der Waals surface area contributed by atoms with Gasteiger partial charge in [-0.2, -0.15) is 13.2 Å². The van der Waals surface area contributed by atoms with E-state index in [4.69, 9.17) is 4.74 Å². The number of hydrogen-bond acceptors (Lipinski definition) is 3. The van der Waals surface area contributed by atoms with Crippen molar-refractivity contribution in [3.8, 4) is 0 Å². The molecule has 0 aromatic rings. The third-order valence-electron chi connectivity index (χ3n) is 3.72. The second-order valence-corrected chi connectivity index (χ2v) is 5.15. The van der Waals surface area contributed by atoms with Gasteiger partial charge in [0.15, 0.2) is 5.78 Å². The first kappa shape index (κ1) is 13.8. The molecule has 1 atom stereocenters. The maximum Gasteiger partial charge on any atom is 0.411 e. The SMILES string of the molecule is O=C(COCC(F)(F)F)C1CCOC2(CCC2)C1. The number of alkyl halides is 3. The number of ether oxygens (including phenoxy) is 2. The Hall–Kier alpha value is -0.620. The average Bonchev–Trinajstić information content (AvgIpc) is 2.25. The Morgan fingerprint density at radius 2 is 2.11 bits per heavy atom. The number of rotatable bonds is 4. The molecule has 0 aromatic heterocycles. The van der Waals surface area contributed by atoms with Crippen molar-refractivity contribution < 1.29 is 27.4 Å². The first-order chi connectivity index (χ1) is 8.40. The molecule has 2 aliphatic rings. The number of Topliss-reactive ketones (excluding diaryl/α,β-unsaturated/α-hetero) is 1.